The summed E-state index contributed by atoms with van der Waals surface area (Å²) in [6.07, 6.45) is -0.0567. The van der Waals surface area contributed by atoms with Gasteiger partial charge in [0.25, 0.3) is 0 Å². The van der Waals surface area contributed by atoms with Gasteiger partial charge in [-0.25, -0.2) is 4.98 Å². The van der Waals surface area contributed by atoms with Crippen LogP contribution in [0.25, 0.3) is 11.4 Å². The van der Waals surface area contributed by atoms with Gasteiger partial charge in [-0.1, -0.05) is 28.1 Å². The van der Waals surface area contributed by atoms with E-state index in [1.807, 2.05) is 31.2 Å². The summed E-state index contributed by atoms with van der Waals surface area (Å²) in [5.74, 6) is -0.173. The van der Waals surface area contributed by atoms with Crippen molar-refractivity contribution in [1.29, 1.82) is 0 Å². The van der Waals surface area contributed by atoms with Crippen molar-refractivity contribution >= 4 is 21.9 Å². The van der Waals surface area contributed by atoms with Crippen LogP contribution in [0.2, 0.25) is 0 Å². The summed E-state index contributed by atoms with van der Waals surface area (Å²) in [5.41, 5.74) is 2.31. The number of carboxylic acid groups (broad SMARTS) is 1. The molecule has 17 heavy (non-hydrogen) atoms. The van der Waals surface area contributed by atoms with Gasteiger partial charge in [0, 0.05) is 15.7 Å². The number of hydrogen-bond donors (Lipinski definition) is 2. The number of aromatic amines is 1. The van der Waals surface area contributed by atoms with Gasteiger partial charge in [-0.3, -0.25) is 4.79 Å². The molecule has 1 heterocycles. The van der Waals surface area contributed by atoms with Gasteiger partial charge >= 0.3 is 5.97 Å². The van der Waals surface area contributed by atoms with Crippen molar-refractivity contribution in [2.45, 2.75) is 13.3 Å². The molecule has 0 bridgehead atoms. The number of benzene rings is 1. The van der Waals surface area contributed by atoms with E-state index in [9.17, 15) is 4.79 Å². The van der Waals surface area contributed by atoms with E-state index in [0.717, 1.165) is 15.7 Å². The first kappa shape index (κ1) is 11.9. The molecule has 1 aromatic heterocycles. The molecule has 0 aliphatic rings. The van der Waals surface area contributed by atoms with Crippen molar-refractivity contribution in [2.75, 3.05) is 0 Å². The minimum Gasteiger partial charge on any atom is -0.481 e. The Kier molecular flexibility index (Phi) is 3.28. The Morgan fingerprint density at radius 2 is 2.06 bits per heavy atom. The molecule has 0 unspecified atom stereocenters. The van der Waals surface area contributed by atoms with Gasteiger partial charge < -0.3 is 10.1 Å². The quantitative estimate of drug-likeness (QED) is 0.915. The Labute approximate surface area is 107 Å². The van der Waals surface area contributed by atoms with Crippen LogP contribution >= 0.6 is 15.9 Å². The summed E-state index contributed by atoms with van der Waals surface area (Å²) >= 11 is 3.36. The van der Waals surface area contributed by atoms with Crippen LogP contribution in [-0.2, 0) is 11.2 Å². The molecule has 2 rings (SSSR count). The molecular weight excluding hydrogens is 284 g/mol. The first-order chi connectivity index (χ1) is 8.06. The average molecular weight is 295 g/mol. The number of rotatable bonds is 3. The molecule has 5 heteroatoms. The van der Waals surface area contributed by atoms with Crippen LogP contribution in [0.3, 0.4) is 0 Å². The lowest BCUT2D eigenvalue weighted by Crippen LogP contribution is -2.01. The molecule has 0 aliphatic carbocycles. The molecule has 88 valence electrons. The normalized spacial score (nSPS) is 10.5. The van der Waals surface area contributed by atoms with Gasteiger partial charge in [0.1, 0.15) is 5.82 Å². The molecule has 0 spiro atoms. The lowest BCUT2D eigenvalue weighted by molar-refractivity contribution is -0.136. The van der Waals surface area contributed by atoms with Crippen molar-refractivity contribution in [3.05, 3.63) is 40.1 Å². The van der Waals surface area contributed by atoms with E-state index >= 15 is 0 Å². The van der Waals surface area contributed by atoms with E-state index in [1.165, 1.54) is 0 Å². The van der Waals surface area contributed by atoms with Crippen molar-refractivity contribution in [2.24, 2.45) is 0 Å². The Bertz CT molecular complexity index is 546. The minimum atomic E-state index is -0.873. The molecule has 0 saturated heterocycles. The number of carboxylic acids is 1. The molecule has 1 aromatic carbocycles. The lowest BCUT2D eigenvalue weighted by atomic mass is 10.2. The maximum atomic E-state index is 10.7. The molecule has 2 N–H and O–H groups in total. The van der Waals surface area contributed by atoms with E-state index in [1.54, 1.807) is 0 Å². The van der Waals surface area contributed by atoms with E-state index in [2.05, 4.69) is 25.9 Å². The average Bonchev–Trinajstić information content (AvgIpc) is 2.60. The smallest absolute Gasteiger partial charge is 0.309 e. The molecule has 0 saturated carbocycles. The van der Waals surface area contributed by atoms with Crippen LogP contribution in [0.1, 0.15) is 11.4 Å². The standard InChI is InChI=1S/C12H11BrN2O2/c1-7-10(6-11(16)17)15-12(14-7)8-2-4-9(13)5-3-8/h2-5H,6H2,1H3,(H,14,15)(H,16,17). The third-order valence-corrected chi connectivity index (χ3v) is 2.95. The van der Waals surface area contributed by atoms with Crippen molar-refractivity contribution < 1.29 is 9.90 Å². The van der Waals surface area contributed by atoms with Gasteiger partial charge in [-0.2, -0.15) is 0 Å². The zero-order valence-electron chi connectivity index (χ0n) is 9.20. The van der Waals surface area contributed by atoms with Crippen molar-refractivity contribution in [1.82, 2.24) is 9.97 Å². The Morgan fingerprint density at radius 1 is 1.41 bits per heavy atom. The maximum absolute atomic E-state index is 10.7. The zero-order chi connectivity index (χ0) is 12.4. The zero-order valence-corrected chi connectivity index (χ0v) is 10.8. The summed E-state index contributed by atoms with van der Waals surface area (Å²) < 4.78 is 0.996. The highest BCUT2D eigenvalue weighted by Crippen LogP contribution is 2.20. The number of imidazole rings is 1. The van der Waals surface area contributed by atoms with Gasteiger partial charge in [0.05, 0.1) is 12.1 Å². The van der Waals surface area contributed by atoms with Gasteiger partial charge in [-0.05, 0) is 19.1 Å². The third-order valence-electron chi connectivity index (χ3n) is 2.42. The summed E-state index contributed by atoms with van der Waals surface area (Å²) in [5, 5.41) is 8.75. The summed E-state index contributed by atoms with van der Waals surface area (Å²) in [6.45, 7) is 1.83. The molecule has 0 radical (unpaired) electrons. The number of aliphatic carboxylic acids is 1. The molecule has 0 aliphatic heterocycles. The summed E-state index contributed by atoms with van der Waals surface area (Å²) in [6, 6.07) is 7.69. The molecular formula is C12H11BrN2O2. The number of aromatic nitrogens is 2. The Hall–Kier alpha value is -1.62. The number of carbonyl (C=O) groups is 1. The number of nitrogens with zero attached hydrogens (tertiary/aromatic N) is 1. The third kappa shape index (κ3) is 2.74. The topological polar surface area (TPSA) is 66.0 Å². The Morgan fingerprint density at radius 3 is 2.65 bits per heavy atom. The second-order valence-corrected chi connectivity index (χ2v) is 4.65. The lowest BCUT2D eigenvalue weighted by Gasteiger charge is -1.96. The van der Waals surface area contributed by atoms with Crippen LogP contribution in [0.15, 0.2) is 28.7 Å². The minimum absolute atomic E-state index is 0.0567. The monoisotopic (exact) mass is 294 g/mol. The number of H-pyrrole nitrogens is 1. The predicted molar refractivity (Wildman–Crippen MR) is 67.8 cm³/mol. The van der Waals surface area contributed by atoms with E-state index in [0.29, 0.717) is 11.5 Å². The number of hydrogen-bond acceptors (Lipinski definition) is 2. The van der Waals surface area contributed by atoms with Crippen LogP contribution in [0, 0.1) is 6.92 Å². The van der Waals surface area contributed by atoms with Gasteiger partial charge in [0.15, 0.2) is 0 Å². The van der Waals surface area contributed by atoms with Gasteiger partial charge in [0.2, 0.25) is 0 Å². The number of nitrogens with one attached hydrogen (secondary N) is 1. The van der Waals surface area contributed by atoms with Crippen LogP contribution in [0.4, 0.5) is 0 Å². The Balaban J connectivity index is 2.34. The van der Waals surface area contributed by atoms with Crippen LogP contribution < -0.4 is 0 Å². The second kappa shape index (κ2) is 4.71. The predicted octanol–water partition coefficient (Wildman–Crippen LogP) is 2.77. The van der Waals surface area contributed by atoms with Crippen LogP contribution in [-0.4, -0.2) is 21.0 Å². The molecule has 2 aromatic rings. The largest absolute Gasteiger partial charge is 0.481 e. The fourth-order valence-corrected chi connectivity index (χ4v) is 1.82. The number of halogens is 1. The fourth-order valence-electron chi connectivity index (χ4n) is 1.56. The number of aryl methyl sites for hydroxylation is 1. The van der Waals surface area contributed by atoms with Crippen LogP contribution in [0.5, 0.6) is 0 Å². The van der Waals surface area contributed by atoms with E-state index < -0.39 is 5.97 Å². The van der Waals surface area contributed by atoms with E-state index in [-0.39, 0.29) is 6.42 Å². The van der Waals surface area contributed by atoms with E-state index in [4.69, 9.17) is 5.11 Å². The highest BCUT2D eigenvalue weighted by atomic mass is 79.9. The first-order valence-electron chi connectivity index (χ1n) is 5.09. The maximum Gasteiger partial charge on any atom is 0.309 e. The molecule has 0 fully saturated rings. The van der Waals surface area contributed by atoms with Crippen molar-refractivity contribution in [3.8, 4) is 11.4 Å². The SMILES string of the molecule is Cc1[nH]c(-c2ccc(Br)cc2)nc1CC(=O)O. The summed E-state index contributed by atoms with van der Waals surface area (Å²) in [7, 11) is 0. The molecule has 0 amide bonds. The molecule has 4 nitrogen and oxygen atoms in total. The van der Waals surface area contributed by atoms with Gasteiger partial charge in [-0.15, -0.1) is 0 Å². The fraction of sp³-hybridized carbons (Fsp3) is 0.167. The highest BCUT2D eigenvalue weighted by molar-refractivity contribution is 9.10. The van der Waals surface area contributed by atoms with Crippen molar-refractivity contribution in [3.63, 3.8) is 0 Å². The highest BCUT2D eigenvalue weighted by Gasteiger charge is 2.11. The first-order valence-corrected chi connectivity index (χ1v) is 5.89. The second-order valence-electron chi connectivity index (χ2n) is 3.73. The molecule has 0 atom stereocenters. The summed E-state index contributed by atoms with van der Waals surface area (Å²) in [4.78, 5) is 18.0.